The van der Waals surface area contributed by atoms with Crippen LogP contribution in [0.2, 0.25) is 0 Å². The Morgan fingerprint density at radius 2 is 0.843 bits per heavy atom. The highest BCUT2D eigenvalue weighted by Gasteiger charge is 2.19. The molecular formula is C45H78O6. The fraction of sp³-hybridized carbons (Fsp3) is 0.756. The number of carbonyl (C=O) groups excluding carboxylic acids is 3. The van der Waals surface area contributed by atoms with E-state index in [1.54, 1.807) is 6.08 Å². The lowest BCUT2D eigenvalue weighted by atomic mass is 10.0. The highest BCUT2D eigenvalue weighted by molar-refractivity contribution is 5.72. The van der Waals surface area contributed by atoms with Crippen LogP contribution in [0.25, 0.3) is 0 Å². The maximum atomic E-state index is 12.6. The molecule has 0 spiro atoms. The lowest BCUT2D eigenvalue weighted by Gasteiger charge is -2.18. The molecule has 0 aliphatic heterocycles. The molecule has 6 heteroatoms. The highest BCUT2D eigenvalue weighted by atomic mass is 16.6. The van der Waals surface area contributed by atoms with Gasteiger partial charge in [-0.05, 0) is 57.8 Å². The molecule has 0 heterocycles. The molecule has 0 amide bonds. The Morgan fingerprint density at radius 3 is 1.39 bits per heavy atom. The third-order valence-corrected chi connectivity index (χ3v) is 8.85. The highest BCUT2D eigenvalue weighted by Crippen LogP contribution is 2.14. The van der Waals surface area contributed by atoms with Crippen LogP contribution in [0.15, 0.2) is 48.6 Å². The molecule has 1 atom stereocenters. The zero-order valence-corrected chi connectivity index (χ0v) is 33.4. The van der Waals surface area contributed by atoms with E-state index < -0.39 is 12.1 Å². The number of allylic oxidation sites excluding steroid dienone is 7. The molecule has 0 fully saturated rings. The quantitative estimate of drug-likeness (QED) is 0.0276. The monoisotopic (exact) mass is 715 g/mol. The van der Waals surface area contributed by atoms with Crippen LogP contribution in [0, 0.1) is 0 Å². The van der Waals surface area contributed by atoms with E-state index >= 15 is 0 Å². The molecule has 0 aromatic heterocycles. The van der Waals surface area contributed by atoms with Crippen LogP contribution < -0.4 is 0 Å². The van der Waals surface area contributed by atoms with Gasteiger partial charge < -0.3 is 14.2 Å². The second kappa shape index (κ2) is 40.1. The SMILES string of the molecule is CC/C=C\C/C=C\C/C=C\CC(=O)OCC(COC(=O)CCCCCCC/C=C\CCCCC)OC(=O)CCCCCCCCCCCCCC. The fourth-order valence-electron chi connectivity index (χ4n) is 5.67. The van der Waals surface area contributed by atoms with Crippen molar-refractivity contribution in [2.75, 3.05) is 13.2 Å². The Morgan fingerprint density at radius 1 is 0.431 bits per heavy atom. The zero-order chi connectivity index (χ0) is 37.3. The van der Waals surface area contributed by atoms with E-state index in [4.69, 9.17) is 14.2 Å². The molecule has 0 radical (unpaired) electrons. The molecule has 0 N–H and O–H groups in total. The van der Waals surface area contributed by atoms with Crippen LogP contribution in [0.1, 0.15) is 201 Å². The van der Waals surface area contributed by atoms with Crippen LogP contribution in [0.5, 0.6) is 0 Å². The molecule has 6 nitrogen and oxygen atoms in total. The molecule has 294 valence electrons. The number of ether oxygens (including phenoxy) is 3. The molecule has 0 saturated carbocycles. The Bertz CT molecular complexity index is 918. The predicted octanol–water partition coefficient (Wildman–Crippen LogP) is 13.2. The Balaban J connectivity index is 4.45. The summed E-state index contributed by atoms with van der Waals surface area (Å²) in [5, 5.41) is 0. The molecule has 0 saturated heterocycles. The molecule has 0 aliphatic carbocycles. The van der Waals surface area contributed by atoms with E-state index in [0.29, 0.717) is 12.8 Å². The van der Waals surface area contributed by atoms with Gasteiger partial charge in [0.25, 0.3) is 0 Å². The molecule has 0 bridgehead atoms. The minimum absolute atomic E-state index is 0.103. The maximum Gasteiger partial charge on any atom is 0.309 e. The Kier molecular flexibility index (Phi) is 38.1. The van der Waals surface area contributed by atoms with E-state index in [9.17, 15) is 14.4 Å². The summed E-state index contributed by atoms with van der Waals surface area (Å²) in [6.07, 6.45) is 45.5. The van der Waals surface area contributed by atoms with Crippen LogP contribution in [-0.2, 0) is 28.6 Å². The summed E-state index contributed by atoms with van der Waals surface area (Å²) in [6, 6.07) is 0. The van der Waals surface area contributed by atoms with Crippen molar-refractivity contribution in [2.24, 2.45) is 0 Å². The summed E-state index contributed by atoms with van der Waals surface area (Å²) in [7, 11) is 0. The van der Waals surface area contributed by atoms with Gasteiger partial charge in [-0.1, -0.05) is 172 Å². The molecule has 0 aliphatic rings. The molecule has 1 unspecified atom stereocenters. The molecule has 0 aromatic carbocycles. The second-order valence-electron chi connectivity index (χ2n) is 13.9. The fourth-order valence-corrected chi connectivity index (χ4v) is 5.67. The lowest BCUT2D eigenvalue weighted by Crippen LogP contribution is -2.30. The average Bonchev–Trinajstić information content (AvgIpc) is 3.12. The number of unbranched alkanes of at least 4 members (excludes halogenated alkanes) is 19. The molecular weight excluding hydrogens is 636 g/mol. The van der Waals surface area contributed by atoms with Gasteiger partial charge in [0.15, 0.2) is 6.10 Å². The van der Waals surface area contributed by atoms with Gasteiger partial charge in [0.05, 0.1) is 6.42 Å². The van der Waals surface area contributed by atoms with Gasteiger partial charge in [0, 0.05) is 12.8 Å². The van der Waals surface area contributed by atoms with Crippen molar-refractivity contribution in [2.45, 2.75) is 207 Å². The normalized spacial score (nSPS) is 12.5. The summed E-state index contributed by atoms with van der Waals surface area (Å²) in [6.45, 7) is 6.37. The van der Waals surface area contributed by atoms with Crippen molar-refractivity contribution < 1.29 is 28.6 Å². The van der Waals surface area contributed by atoms with Gasteiger partial charge >= 0.3 is 17.9 Å². The number of hydrogen-bond acceptors (Lipinski definition) is 6. The van der Waals surface area contributed by atoms with Crippen molar-refractivity contribution in [1.29, 1.82) is 0 Å². The van der Waals surface area contributed by atoms with Gasteiger partial charge in [0.1, 0.15) is 13.2 Å². The van der Waals surface area contributed by atoms with E-state index in [-0.39, 0.29) is 31.6 Å². The summed E-state index contributed by atoms with van der Waals surface area (Å²) in [5.74, 6) is -1.05. The first-order chi connectivity index (χ1) is 25.0. The molecule has 0 rings (SSSR count). The minimum Gasteiger partial charge on any atom is -0.462 e. The third kappa shape index (κ3) is 38.4. The van der Waals surface area contributed by atoms with Crippen molar-refractivity contribution in [3.63, 3.8) is 0 Å². The molecule has 51 heavy (non-hydrogen) atoms. The maximum absolute atomic E-state index is 12.6. The first-order valence-electron chi connectivity index (χ1n) is 21.1. The third-order valence-electron chi connectivity index (χ3n) is 8.85. The summed E-state index contributed by atoms with van der Waals surface area (Å²) in [5.41, 5.74) is 0. The summed E-state index contributed by atoms with van der Waals surface area (Å²) < 4.78 is 16.5. The van der Waals surface area contributed by atoms with Crippen molar-refractivity contribution in [3.8, 4) is 0 Å². The van der Waals surface area contributed by atoms with E-state index in [0.717, 1.165) is 64.2 Å². The van der Waals surface area contributed by atoms with Gasteiger partial charge in [-0.15, -0.1) is 0 Å². The second-order valence-corrected chi connectivity index (χ2v) is 13.9. The van der Waals surface area contributed by atoms with Gasteiger partial charge in [-0.2, -0.15) is 0 Å². The predicted molar refractivity (Wildman–Crippen MR) is 215 cm³/mol. The number of carbonyl (C=O) groups is 3. The van der Waals surface area contributed by atoms with Crippen LogP contribution in [-0.4, -0.2) is 37.2 Å². The standard InChI is InChI=1S/C45H78O6/c1-4-7-10-13-16-19-21-23-26-29-32-35-38-44(47)50-41-42(40-49-43(46)37-34-31-28-25-18-15-12-9-6-3)51-45(48)39-36-33-30-27-24-22-20-17-14-11-8-5-2/h9,12,16,18-19,25,31,34,42H,4-8,10-11,13-15,17,20-24,26-30,32-33,35-41H2,1-3H3/b12-9-,19-16-,25-18-,34-31-. The van der Waals surface area contributed by atoms with Gasteiger partial charge in [-0.25, -0.2) is 0 Å². The Hall–Kier alpha value is -2.63. The molecule has 0 aromatic rings. The summed E-state index contributed by atoms with van der Waals surface area (Å²) >= 11 is 0. The van der Waals surface area contributed by atoms with Crippen molar-refractivity contribution in [1.82, 2.24) is 0 Å². The lowest BCUT2D eigenvalue weighted by molar-refractivity contribution is -0.166. The largest absolute Gasteiger partial charge is 0.462 e. The topological polar surface area (TPSA) is 78.9 Å². The van der Waals surface area contributed by atoms with Crippen LogP contribution in [0.3, 0.4) is 0 Å². The van der Waals surface area contributed by atoms with Gasteiger partial charge in [-0.3, -0.25) is 14.4 Å². The minimum atomic E-state index is -0.805. The number of esters is 3. The first kappa shape index (κ1) is 48.4. The Labute approximate surface area is 314 Å². The zero-order valence-electron chi connectivity index (χ0n) is 33.4. The van der Waals surface area contributed by atoms with E-state index in [2.05, 4.69) is 57.2 Å². The summed E-state index contributed by atoms with van der Waals surface area (Å²) in [4.78, 5) is 37.5. The van der Waals surface area contributed by atoms with E-state index in [1.165, 1.54) is 96.3 Å². The first-order valence-corrected chi connectivity index (χ1v) is 21.1. The van der Waals surface area contributed by atoms with Crippen molar-refractivity contribution >= 4 is 17.9 Å². The van der Waals surface area contributed by atoms with E-state index in [1.807, 2.05) is 6.08 Å². The number of rotatable bonds is 37. The van der Waals surface area contributed by atoms with Crippen molar-refractivity contribution in [3.05, 3.63) is 48.6 Å². The average molecular weight is 715 g/mol. The van der Waals surface area contributed by atoms with Gasteiger partial charge in [0.2, 0.25) is 0 Å². The number of hydrogen-bond donors (Lipinski definition) is 0. The smallest absolute Gasteiger partial charge is 0.309 e. The van der Waals surface area contributed by atoms with Crippen LogP contribution >= 0.6 is 0 Å². The van der Waals surface area contributed by atoms with Crippen LogP contribution in [0.4, 0.5) is 0 Å².